The number of carbonyl (C=O) groups excluding carboxylic acids is 1. The number of aliphatic hydroxyl groups is 1. The lowest BCUT2D eigenvalue weighted by molar-refractivity contribution is 0.0427. The Bertz CT molecular complexity index is 766. The topological polar surface area (TPSA) is 55.8 Å². The molecule has 3 rings (SSSR count). The molecule has 2 aromatic carbocycles. The van der Waals surface area contributed by atoms with Gasteiger partial charge in [0.15, 0.2) is 5.60 Å². The van der Waals surface area contributed by atoms with Gasteiger partial charge in [0.25, 0.3) is 0 Å². The zero-order valence-corrected chi connectivity index (χ0v) is 15.5. The van der Waals surface area contributed by atoms with E-state index in [0.717, 1.165) is 35.5 Å². The second kappa shape index (κ2) is 7.92. The molecule has 0 aromatic heterocycles. The molecule has 26 heavy (non-hydrogen) atoms. The van der Waals surface area contributed by atoms with Crippen LogP contribution in [0.2, 0.25) is 0 Å². The number of rotatable bonds is 8. The fourth-order valence-corrected chi connectivity index (χ4v) is 3.36. The van der Waals surface area contributed by atoms with Crippen molar-refractivity contribution in [1.82, 2.24) is 0 Å². The normalized spacial score (nSPS) is 18.3. The summed E-state index contributed by atoms with van der Waals surface area (Å²) in [6.45, 7) is 4.71. The van der Waals surface area contributed by atoms with Gasteiger partial charge in [-0.15, -0.1) is 0 Å². The molecule has 0 bridgehead atoms. The molecular weight excluding hydrogens is 328 g/mol. The van der Waals surface area contributed by atoms with Crippen LogP contribution in [0.3, 0.4) is 0 Å². The molecule has 4 nitrogen and oxygen atoms in total. The maximum absolute atomic E-state index is 13.2. The first kappa shape index (κ1) is 18.5. The molecule has 0 fully saturated rings. The van der Waals surface area contributed by atoms with Crippen LogP contribution in [0.25, 0.3) is 0 Å². The molecule has 1 atom stereocenters. The monoisotopic (exact) mass is 354 g/mol. The van der Waals surface area contributed by atoms with Crippen molar-refractivity contribution in [2.24, 2.45) is 0 Å². The van der Waals surface area contributed by atoms with Crippen molar-refractivity contribution in [2.75, 3.05) is 13.2 Å². The Labute approximate surface area is 154 Å². The van der Waals surface area contributed by atoms with Crippen LogP contribution >= 0.6 is 0 Å². The van der Waals surface area contributed by atoms with Gasteiger partial charge in [-0.25, -0.2) is 0 Å². The van der Waals surface area contributed by atoms with E-state index in [1.54, 1.807) is 12.1 Å². The fourth-order valence-electron chi connectivity index (χ4n) is 3.36. The molecule has 1 aliphatic rings. The highest BCUT2D eigenvalue weighted by atomic mass is 16.5. The largest absolute Gasteiger partial charge is 0.494 e. The lowest BCUT2D eigenvalue weighted by Crippen LogP contribution is -2.44. The first-order chi connectivity index (χ1) is 12.6. The van der Waals surface area contributed by atoms with Gasteiger partial charge >= 0.3 is 0 Å². The van der Waals surface area contributed by atoms with Crippen molar-refractivity contribution < 1.29 is 19.4 Å². The Hall–Kier alpha value is -2.33. The SMILES string of the molecule is CCCCOc1ccc(C(=O)C2(CCO)Cc3cc(C)ccc3O2)cc1. The number of aliphatic hydroxyl groups excluding tert-OH is 1. The second-order valence-corrected chi connectivity index (χ2v) is 6.91. The van der Waals surface area contributed by atoms with Gasteiger partial charge in [0.2, 0.25) is 5.78 Å². The van der Waals surface area contributed by atoms with Crippen molar-refractivity contribution in [2.45, 2.75) is 45.1 Å². The van der Waals surface area contributed by atoms with E-state index in [1.807, 2.05) is 37.3 Å². The number of fused-ring (bicyclic) bond motifs is 1. The Morgan fingerprint density at radius 3 is 2.69 bits per heavy atom. The minimum absolute atomic E-state index is 0.0967. The zero-order valence-electron chi connectivity index (χ0n) is 15.5. The molecule has 2 aromatic rings. The van der Waals surface area contributed by atoms with E-state index < -0.39 is 5.60 Å². The lowest BCUT2D eigenvalue weighted by atomic mass is 9.85. The van der Waals surface area contributed by atoms with E-state index in [-0.39, 0.29) is 18.8 Å². The lowest BCUT2D eigenvalue weighted by Gasteiger charge is -2.26. The highest BCUT2D eigenvalue weighted by Gasteiger charge is 2.46. The number of carbonyl (C=O) groups is 1. The predicted octanol–water partition coefficient (Wildman–Crippen LogP) is 4.11. The van der Waals surface area contributed by atoms with E-state index in [4.69, 9.17) is 9.47 Å². The summed E-state index contributed by atoms with van der Waals surface area (Å²) in [6.07, 6.45) is 2.84. The summed E-state index contributed by atoms with van der Waals surface area (Å²) in [5.74, 6) is 1.40. The van der Waals surface area contributed by atoms with Crippen LogP contribution in [-0.4, -0.2) is 29.7 Å². The first-order valence-electron chi connectivity index (χ1n) is 9.25. The Balaban J connectivity index is 1.80. The van der Waals surface area contributed by atoms with Crippen LogP contribution < -0.4 is 9.47 Å². The van der Waals surface area contributed by atoms with E-state index in [9.17, 15) is 9.90 Å². The third-order valence-electron chi connectivity index (χ3n) is 4.81. The second-order valence-electron chi connectivity index (χ2n) is 6.91. The number of hydrogen-bond acceptors (Lipinski definition) is 4. The number of unbranched alkanes of at least 4 members (excludes halogenated alkanes) is 1. The molecule has 1 aliphatic heterocycles. The molecule has 138 valence electrons. The van der Waals surface area contributed by atoms with Crippen molar-refractivity contribution in [1.29, 1.82) is 0 Å². The van der Waals surface area contributed by atoms with Gasteiger partial charge in [-0.2, -0.15) is 0 Å². The minimum Gasteiger partial charge on any atom is -0.494 e. The molecule has 0 saturated heterocycles. The van der Waals surface area contributed by atoms with Gasteiger partial charge in [0, 0.05) is 25.0 Å². The summed E-state index contributed by atoms with van der Waals surface area (Å²) in [4.78, 5) is 13.2. The summed E-state index contributed by atoms with van der Waals surface area (Å²) in [5, 5.41) is 9.53. The Morgan fingerprint density at radius 2 is 2.00 bits per heavy atom. The van der Waals surface area contributed by atoms with Gasteiger partial charge in [0.05, 0.1) is 6.61 Å². The molecule has 1 unspecified atom stereocenters. The quantitative estimate of drug-likeness (QED) is 0.572. The number of benzene rings is 2. The average Bonchev–Trinajstić information content (AvgIpc) is 3.01. The van der Waals surface area contributed by atoms with Crippen molar-refractivity contribution >= 4 is 5.78 Å². The number of ether oxygens (including phenoxy) is 2. The van der Waals surface area contributed by atoms with Crippen molar-refractivity contribution in [3.05, 3.63) is 59.2 Å². The van der Waals surface area contributed by atoms with Crippen LogP contribution in [0.15, 0.2) is 42.5 Å². The van der Waals surface area contributed by atoms with E-state index in [0.29, 0.717) is 18.6 Å². The van der Waals surface area contributed by atoms with Gasteiger partial charge in [-0.05, 0) is 49.2 Å². The number of Topliss-reactive ketones (excluding diaryl/α,β-unsaturated/α-hetero) is 1. The van der Waals surface area contributed by atoms with Gasteiger partial charge < -0.3 is 14.6 Å². The number of hydrogen-bond donors (Lipinski definition) is 1. The molecule has 0 radical (unpaired) electrons. The summed E-state index contributed by atoms with van der Waals surface area (Å²) in [5.41, 5.74) is 1.69. The maximum atomic E-state index is 13.2. The molecule has 0 saturated carbocycles. The van der Waals surface area contributed by atoms with E-state index in [1.165, 1.54) is 0 Å². The van der Waals surface area contributed by atoms with Crippen LogP contribution in [-0.2, 0) is 6.42 Å². The molecule has 0 amide bonds. The molecule has 1 heterocycles. The van der Waals surface area contributed by atoms with Crippen LogP contribution in [0.5, 0.6) is 11.5 Å². The van der Waals surface area contributed by atoms with Crippen LogP contribution in [0, 0.1) is 6.92 Å². The smallest absolute Gasteiger partial charge is 0.206 e. The third-order valence-corrected chi connectivity index (χ3v) is 4.81. The predicted molar refractivity (Wildman–Crippen MR) is 101 cm³/mol. The third kappa shape index (κ3) is 3.75. The van der Waals surface area contributed by atoms with Crippen molar-refractivity contribution in [3.63, 3.8) is 0 Å². The van der Waals surface area contributed by atoms with Crippen LogP contribution in [0.1, 0.15) is 47.7 Å². The van der Waals surface area contributed by atoms with E-state index in [2.05, 4.69) is 6.92 Å². The molecule has 1 N–H and O–H groups in total. The summed E-state index contributed by atoms with van der Waals surface area (Å²) in [6, 6.07) is 13.1. The number of aryl methyl sites for hydroxylation is 1. The number of ketones is 1. The zero-order chi connectivity index (χ0) is 18.6. The molecular formula is C22H26O4. The fraction of sp³-hybridized carbons (Fsp3) is 0.409. The van der Waals surface area contributed by atoms with Gasteiger partial charge in [-0.1, -0.05) is 31.0 Å². The van der Waals surface area contributed by atoms with Gasteiger partial charge in [0.1, 0.15) is 11.5 Å². The first-order valence-corrected chi connectivity index (χ1v) is 9.25. The van der Waals surface area contributed by atoms with Gasteiger partial charge in [-0.3, -0.25) is 4.79 Å². The van der Waals surface area contributed by atoms with Crippen molar-refractivity contribution in [3.8, 4) is 11.5 Å². The highest BCUT2D eigenvalue weighted by molar-refractivity contribution is 6.03. The summed E-state index contributed by atoms with van der Waals surface area (Å²) < 4.78 is 11.7. The molecule has 0 spiro atoms. The molecule has 4 heteroatoms. The summed E-state index contributed by atoms with van der Waals surface area (Å²) >= 11 is 0. The van der Waals surface area contributed by atoms with E-state index >= 15 is 0 Å². The average molecular weight is 354 g/mol. The Kier molecular flexibility index (Phi) is 5.62. The standard InChI is InChI=1S/C22H26O4/c1-3-4-13-25-19-8-6-17(7-9-19)21(24)22(11-12-23)15-18-14-16(2)5-10-20(18)26-22/h5-10,14,23H,3-4,11-13,15H2,1-2H3. The molecule has 0 aliphatic carbocycles. The van der Waals surface area contributed by atoms with Crippen LogP contribution in [0.4, 0.5) is 0 Å². The minimum atomic E-state index is -1.03. The highest BCUT2D eigenvalue weighted by Crippen LogP contribution is 2.39. The maximum Gasteiger partial charge on any atom is 0.206 e. The Morgan fingerprint density at radius 1 is 1.23 bits per heavy atom. The summed E-state index contributed by atoms with van der Waals surface area (Å²) in [7, 11) is 0.